The predicted octanol–water partition coefficient (Wildman–Crippen LogP) is 7.31. The molecule has 4 rings (SSSR count). The third kappa shape index (κ3) is 7.27. The van der Waals surface area contributed by atoms with Crippen LogP contribution in [0.5, 0.6) is 0 Å². The molecule has 2 fully saturated rings. The molecule has 0 radical (unpaired) electrons. The van der Waals surface area contributed by atoms with Crippen molar-refractivity contribution in [1.29, 1.82) is 0 Å². The first kappa shape index (κ1) is 31.4. The molecule has 0 bridgehead atoms. The van der Waals surface area contributed by atoms with E-state index in [2.05, 4.69) is 9.88 Å². The van der Waals surface area contributed by atoms with Crippen LogP contribution >= 0.6 is 0 Å². The lowest BCUT2D eigenvalue weighted by Gasteiger charge is -2.34. The molecule has 2 aromatic rings. The van der Waals surface area contributed by atoms with E-state index in [9.17, 15) is 35.9 Å². The maximum atomic E-state index is 13.4. The summed E-state index contributed by atoms with van der Waals surface area (Å²) < 4.78 is 85.9. The van der Waals surface area contributed by atoms with E-state index in [0.29, 0.717) is 36.8 Å². The molecule has 230 valence electrons. The fourth-order valence-electron chi connectivity index (χ4n) is 5.88. The average Bonchev–Trinajstić information content (AvgIpc) is 3.20. The van der Waals surface area contributed by atoms with E-state index < -0.39 is 53.3 Å². The molecule has 2 aliphatic rings. The van der Waals surface area contributed by atoms with Crippen LogP contribution in [0.15, 0.2) is 36.5 Å². The lowest BCUT2D eigenvalue weighted by Crippen LogP contribution is -2.35. The summed E-state index contributed by atoms with van der Waals surface area (Å²) >= 11 is 0. The highest BCUT2D eigenvalue weighted by Gasteiger charge is 2.43. The van der Waals surface area contributed by atoms with Gasteiger partial charge in [-0.1, -0.05) is 0 Å². The number of aliphatic carboxylic acids is 1. The summed E-state index contributed by atoms with van der Waals surface area (Å²) in [4.78, 5) is 31.8. The standard InChI is InChI=1S/C29H33F6N3O4/c1-3-37(15-19-8-6-18(7-9-19)11-25(39)40)24-5-4-10-36-23(24)16-38-17(2)26(42-27(38)41)20-12-21(28(30,31)32)14-22(13-20)29(33,34)35/h4-5,10,12-14,17-19,26H,3,6-9,11,15-16H2,1-2H3,(H,39,40). The van der Waals surface area contributed by atoms with Crippen LogP contribution in [0.4, 0.5) is 36.8 Å². The quantitative estimate of drug-likeness (QED) is 0.304. The van der Waals surface area contributed by atoms with Gasteiger partial charge in [0, 0.05) is 25.7 Å². The molecule has 1 saturated heterocycles. The number of pyridine rings is 1. The molecule has 1 aromatic heterocycles. The molecule has 2 unspecified atom stereocenters. The van der Waals surface area contributed by atoms with Gasteiger partial charge in [0.1, 0.15) is 6.10 Å². The molecule has 1 saturated carbocycles. The Kier molecular flexibility index (Phi) is 9.27. The fourth-order valence-corrected chi connectivity index (χ4v) is 5.88. The van der Waals surface area contributed by atoms with Crippen LogP contribution in [0.2, 0.25) is 0 Å². The Bertz CT molecular complexity index is 1240. The number of nitrogens with zero attached hydrogens (tertiary/aromatic N) is 3. The van der Waals surface area contributed by atoms with Gasteiger partial charge >= 0.3 is 24.4 Å². The van der Waals surface area contributed by atoms with Gasteiger partial charge in [-0.05, 0) is 87.3 Å². The first-order chi connectivity index (χ1) is 19.7. The minimum atomic E-state index is -5.02. The van der Waals surface area contributed by atoms with Gasteiger partial charge in [-0.25, -0.2) is 4.79 Å². The third-order valence-corrected chi connectivity index (χ3v) is 8.15. The largest absolute Gasteiger partial charge is 0.481 e. The number of anilines is 1. The van der Waals surface area contributed by atoms with Gasteiger partial charge in [-0.3, -0.25) is 14.7 Å². The van der Waals surface area contributed by atoms with Gasteiger partial charge in [0.2, 0.25) is 0 Å². The smallest absolute Gasteiger partial charge is 0.416 e. The minimum Gasteiger partial charge on any atom is -0.481 e. The van der Waals surface area contributed by atoms with Crippen molar-refractivity contribution < 1.29 is 45.8 Å². The van der Waals surface area contributed by atoms with E-state index in [0.717, 1.165) is 31.4 Å². The maximum absolute atomic E-state index is 13.4. The minimum absolute atomic E-state index is 0.0425. The second-order valence-corrected chi connectivity index (χ2v) is 11.0. The zero-order valence-corrected chi connectivity index (χ0v) is 23.2. The molecule has 1 amide bonds. The Morgan fingerprint density at radius 3 is 2.19 bits per heavy atom. The van der Waals surface area contributed by atoms with E-state index >= 15 is 0 Å². The third-order valence-electron chi connectivity index (χ3n) is 8.15. The number of rotatable bonds is 9. The Morgan fingerprint density at radius 1 is 1.05 bits per heavy atom. The first-order valence-electron chi connectivity index (χ1n) is 13.8. The van der Waals surface area contributed by atoms with Gasteiger partial charge in [0.25, 0.3) is 0 Å². The van der Waals surface area contributed by atoms with E-state index in [-0.39, 0.29) is 24.9 Å². The van der Waals surface area contributed by atoms with Crippen molar-refractivity contribution in [3.63, 3.8) is 0 Å². The van der Waals surface area contributed by atoms with Crippen LogP contribution < -0.4 is 4.90 Å². The zero-order valence-electron chi connectivity index (χ0n) is 23.2. The second-order valence-electron chi connectivity index (χ2n) is 11.0. The van der Waals surface area contributed by atoms with Gasteiger partial charge in [0.15, 0.2) is 0 Å². The summed E-state index contributed by atoms with van der Waals surface area (Å²) in [6.07, 6.45) is -7.11. The van der Waals surface area contributed by atoms with Gasteiger partial charge < -0.3 is 14.7 Å². The summed E-state index contributed by atoms with van der Waals surface area (Å²) in [5.74, 6) is -0.284. The molecular weight excluding hydrogens is 568 g/mol. The number of alkyl halides is 6. The highest BCUT2D eigenvalue weighted by molar-refractivity contribution is 5.71. The van der Waals surface area contributed by atoms with Gasteiger partial charge in [0.05, 0.1) is 35.1 Å². The maximum Gasteiger partial charge on any atom is 0.416 e. The van der Waals surface area contributed by atoms with Crippen LogP contribution in [0.1, 0.15) is 74.4 Å². The number of aromatic nitrogens is 1. The molecule has 7 nitrogen and oxygen atoms in total. The van der Waals surface area contributed by atoms with Crippen molar-refractivity contribution in [1.82, 2.24) is 9.88 Å². The Balaban J connectivity index is 1.52. The number of carboxylic acid groups (broad SMARTS) is 1. The lowest BCUT2D eigenvalue weighted by molar-refractivity contribution is -0.143. The molecule has 1 N–H and O–H groups in total. The molecular formula is C29H33F6N3O4. The van der Waals surface area contributed by atoms with Crippen LogP contribution in [0.25, 0.3) is 0 Å². The summed E-state index contributed by atoms with van der Waals surface area (Å²) in [7, 11) is 0. The van der Waals surface area contributed by atoms with E-state index in [1.54, 1.807) is 12.3 Å². The summed E-state index contributed by atoms with van der Waals surface area (Å²) in [6, 6.07) is 3.94. The summed E-state index contributed by atoms with van der Waals surface area (Å²) in [5.41, 5.74) is -2.07. The molecule has 1 aliphatic heterocycles. The molecule has 1 aliphatic carbocycles. The average molecular weight is 602 g/mol. The number of halogens is 6. The normalized spacial score (nSPS) is 23.1. The van der Waals surface area contributed by atoms with Gasteiger partial charge in [-0.15, -0.1) is 0 Å². The van der Waals surface area contributed by atoms with Crippen molar-refractivity contribution in [2.45, 2.75) is 77.0 Å². The van der Waals surface area contributed by atoms with Crippen molar-refractivity contribution in [2.24, 2.45) is 11.8 Å². The lowest BCUT2D eigenvalue weighted by atomic mass is 9.80. The van der Waals surface area contributed by atoms with Crippen LogP contribution in [0, 0.1) is 11.8 Å². The second kappa shape index (κ2) is 12.4. The highest BCUT2D eigenvalue weighted by Crippen LogP contribution is 2.41. The Morgan fingerprint density at radius 2 is 1.64 bits per heavy atom. The number of carbonyl (C=O) groups excluding carboxylic acids is 1. The van der Waals surface area contributed by atoms with Crippen molar-refractivity contribution >= 4 is 17.7 Å². The number of carboxylic acids is 1. The number of hydrogen-bond acceptors (Lipinski definition) is 5. The van der Waals surface area contributed by atoms with Crippen LogP contribution in [-0.4, -0.2) is 46.2 Å². The molecule has 2 atom stereocenters. The first-order valence-corrected chi connectivity index (χ1v) is 13.8. The molecule has 13 heteroatoms. The van der Waals surface area contributed by atoms with Crippen LogP contribution in [0.3, 0.4) is 0 Å². The summed E-state index contributed by atoms with van der Waals surface area (Å²) in [6.45, 7) is 4.75. The number of benzene rings is 1. The fraction of sp³-hybridized carbons (Fsp3) is 0.552. The SMILES string of the molecule is CCN(CC1CCC(CC(=O)O)CC1)c1cccnc1CN1C(=O)OC(c2cc(C(F)(F)F)cc(C(F)(F)F)c2)C1C. The number of cyclic esters (lactones) is 1. The van der Waals surface area contributed by atoms with Crippen molar-refractivity contribution in [2.75, 3.05) is 18.0 Å². The van der Waals surface area contributed by atoms with Crippen LogP contribution in [-0.2, 0) is 28.4 Å². The van der Waals surface area contributed by atoms with Crippen molar-refractivity contribution in [3.8, 4) is 0 Å². The van der Waals surface area contributed by atoms with E-state index in [4.69, 9.17) is 9.84 Å². The topological polar surface area (TPSA) is 83.0 Å². The number of hydrogen-bond donors (Lipinski definition) is 1. The molecule has 1 aromatic carbocycles. The molecule has 42 heavy (non-hydrogen) atoms. The Hall–Kier alpha value is -3.51. The van der Waals surface area contributed by atoms with E-state index in [1.165, 1.54) is 11.8 Å². The number of ether oxygens (including phenoxy) is 1. The highest BCUT2D eigenvalue weighted by atomic mass is 19.4. The molecule has 2 heterocycles. The monoisotopic (exact) mass is 601 g/mol. The van der Waals surface area contributed by atoms with Gasteiger partial charge in [-0.2, -0.15) is 26.3 Å². The number of amides is 1. The zero-order chi connectivity index (χ0) is 30.8. The van der Waals surface area contributed by atoms with E-state index in [1.807, 2.05) is 13.0 Å². The Labute approximate surface area is 239 Å². The summed E-state index contributed by atoms with van der Waals surface area (Å²) in [5, 5.41) is 9.08. The van der Waals surface area contributed by atoms with Crippen molar-refractivity contribution in [3.05, 3.63) is 58.9 Å². The number of carbonyl (C=O) groups is 2. The molecule has 0 spiro atoms. The predicted molar refractivity (Wildman–Crippen MR) is 140 cm³/mol.